The summed E-state index contributed by atoms with van der Waals surface area (Å²) >= 11 is 0. The minimum Gasteiger partial charge on any atom is -0.394 e. The highest BCUT2D eigenvalue weighted by Gasteiger charge is 2.59. The lowest BCUT2D eigenvalue weighted by Crippen LogP contribution is -2.46. The van der Waals surface area contributed by atoms with E-state index in [9.17, 15) is 0 Å². The molecule has 3 rings (SSSR count). The smallest absolute Gasteiger partial charge is 0.148 e. The predicted octanol–water partition coefficient (Wildman–Crippen LogP) is 3.19. The molecule has 2 aliphatic rings. The minimum absolute atomic E-state index is 0.329. The van der Waals surface area contributed by atoms with Crippen LogP contribution in [0.1, 0.15) is 52.7 Å². The lowest BCUT2D eigenvalue weighted by atomic mass is 9.68. The Hall–Kier alpha value is -1.19. The molecule has 0 aromatic carbocycles. The van der Waals surface area contributed by atoms with E-state index in [4.69, 9.17) is 5.73 Å². The Morgan fingerprint density at radius 3 is 2.60 bits per heavy atom. The molecule has 3 atom stereocenters. The van der Waals surface area contributed by atoms with Gasteiger partial charge in [0.25, 0.3) is 0 Å². The fraction of sp³-hybridized carbons (Fsp3) is 0.812. The molecule has 4 heteroatoms. The van der Waals surface area contributed by atoms with E-state index in [0.717, 1.165) is 29.5 Å². The van der Waals surface area contributed by atoms with Gasteiger partial charge in [0, 0.05) is 13.1 Å². The predicted molar refractivity (Wildman–Crippen MR) is 83.6 cm³/mol. The summed E-state index contributed by atoms with van der Waals surface area (Å²) in [5, 5.41) is 8.30. The number of fused-ring (bicyclic) bond motifs is 2. The molecule has 0 radical (unpaired) electrons. The van der Waals surface area contributed by atoms with Crippen LogP contribution in [-0.4, -0.2) is 15.8 Å². The number of aryl methyl sites for hydroxylation is 2. The van der Waals surface area contributed by atoms with Gasteiger partial charge in [0.05, 0.1) is 11.4 Å². The Morgan fingerprint density at radius 2 is 2.10 bits per heavy atom. The summed E-state index contributed by atoms with van der Waals surface area (Å²) in [6.07, 6.45) is 4.94. The van der Waals surface area contributed by atoms with Crippen molar-refractivity contribution in [3.05, 3.63) is 5.69 Å². The van der Waals surface area contributed by atoms with Crippen LogP contribution in [0.2, 0.25) is 0 Å². The Kier molecular flexibility index (Phi) is 2.86. The van der Waals surface area contributed by atoms with Crippen molar-refractivity contribution in [2.75, 3.05) is 11.1 Å². The second-order valence-corrected chi connectivity index (χ2v) is 7.68. The first kappa shape index (κ1) is 13.8. The summed E-state index contributed by atoms with van der Waals surface area (Å²) in [7, 11) is 1.99. The first-order chi connectivity index (χ1) is 9.29. The van der Waals surface area contributed by atoms with Gasteiger partial charge in [-0.3, -0.25) is 4.68 Å². The Labute approximate surface area is 122 Å². The number of aromatic nitrogens is 2. The largest absolute Gasteiger partial charge is 0.394 e. The molecule has 0 saturated heterocycles. The molecule has 2 bridgehead atoms. The lowest BCUT2D eigenvalue weighted by Gasteiger charge is -2.43. The van der Waals surface area contributed by atoms with Crippen molar-refractivity contribution in [3.63, 3.8) is 0 Å². The highest BCUT2D eigenvalue weighted by atomic mass is 15.3. The third-order valence-electron chi connectivity index (χ3n) is 6.05. The molecule has 2 aliphatic carbocycles. The average molecular weight is 276 g/mol. The van der Waals surface area contributed by atoms with Crippen LogP contribution >= 0.6 is 0 Å². The second-order valence-electron chi connectivity index (χ2n) is 7.68. The number of hydrogen-bond acceptors (Lipinski definition) is 3. The monoisotopic (exact) mass is 276 g/mol. The molecule has 0 spiro atoms. The summed E-state index contributed by atoms with van der Waals surface area (Å²) < 4.78 is 1.92. The van der Waals surface area contributed by atoms with Crippen molar-refractivity contribution in [2.45, 2.75) is 59.4 Å². The molecule has 0 aliphatic heterocycles. The first-order valence-electron chi connectivity index (χ1n) is 7.87. The van der Waals surface area contributed by atoms with Gasteiger partial charge in [-0.25, -0.2) is 0 Å². The van der Waals surface area contributed by atoms with Gasteiger partial charge in [-0.1, -0.05) is 27.7 Å². The summed E-state index contributed by atoms with van der Waals surface area (Å²) in [4.78, 5) is 0. The van der Waals surface area contributed by atoms with Crippen LogP contribution in [0.5, 0.6) is 0 Å². The van der Waals surface area contributed by atoms with Crippen molar-refractivity contribution >= 4 is 11.5 Å². The molecule has 2 saturated carbocycles. The second kappa shape index (κ2) is 4.15. The van der Waals surface area contributed by atoms with Gasteiger partial charge >= 0.3 is 0 Å². The summed E-state index contributed by atoms with van der Waals surface area (Å²) in [6.45, 7) is 9.36. The topological polar surface area (TPSA) is 55.9 Å². The fourth-order valence-corrected chi connectivity index (χ4v) is 4.83. The molecule has 1 aromatic heterocycles. The first-order valence-corrected chi connectivity index (χ1v) is 7.87. The minimum atomic E-state index is 0.329. The van der Waals surface area contributed by atoms with Gasteiger partial charge in [-0.05, 0) is 42.4 Å². The number of hydrogen-bond donors (Lipinski definition) is 2. The zero-order valence-electron chi connectivity index (χ0n) is 13.5. The molecule has 2 fully saturated rings. The van der Waals surface area contributed by atoms with E-state index >= 15 is 0 Å². The van der Waals surface area contributed by atoms with E-state index in [0.29, 0.717) is 16.9 Å². The van der Waals surface area contributed by atoms with Crippen LogP contribution in [0.3, 0.4) is 0 Å². The number of nitrogens with two attached hydrogens (primary N) is 1. The van der Waals surface area contributed by atoms with E-state index < -0.39 is 0 Å². The van der Waals surface area contributed by atoms with E-state index in [-0.39, 0.29) is 0 Å². The van der Waals surface area contributed by atoms with Crippen molar-refractivity contribution in [3.8, 4) is 0 Å². The third-order valence-corrected chi connectivity index (χ3v) is 6.05. The fourth-order valence-electron chi connectivity index (χ4n) is 4.83. The quantitative estimate of drug-likeness (QED) is 0.891. The van der Waals surface area contributed by atoms with Crippen LogP contribution in [0, 0.1) is 16.7 Å². The van der Waals surface area contributed by atoms with Crippen LogP contribution < -0.4 is 11.1 Å². The highest BCUT2D eigenvalue weighted by molar-refractivity contribution is 5.65. The number of anilines is 2. The lowest BCUT2D eigenvalue weighted by molar-refractivity contribution is 0.155. The number of nitrogens with zero attached hydrogens (tertiary/aromatic N) is 2. The van der Waals surface area contributed by atoms with Crippen LogP contribution in [0.25, 0.3) is 0 Å². The van der Waals surface area contributed by atoms with Crippen molar-refractivity contribution in [1.29, 1.82) is 0 Å². The van der Waals surface area contributed by atoms with Gasteiger partial charge in [-0.2, -0.15) is 5.10 Å². The van der Waals surface area contributed by atoms with Gasteiger partial charge in [-0.15, -0.1) is 0 Å². The molecule has 20 heavy (non-hydrogen) atoms. The molecule has 1 heterocycles. The molecule has 3 N–H and O–H groups in total. The number of rotatable bonds is 3. The van der Waals surface area contributed by atoms with Crippen LogP contribution in [0.4, 0.5) is 11.5 Å². The summed E-state index contributed by atoms with van der Waals surface area (Å²) in [5.41, 5.74) is 8.84. The van der Waals surface area contributed by atoms with Crippen molar-refractivity contribution in [2.24, 2.45) is 23.8 Å². The van der Waals surface area contributed by atoms with E-state index in [1.54, 1.807) is 0 Å². The van der Waals surface area contributed by atoms with Crippen molar-refractivity contribution in [1.82, 2.24) is 9.78 Å². The van der Waals surface area contributed by atoms with Crippen LogP contribution in [-0.2, 0) is 13.5 Å². The van der Waals surface area contributed by atoms with E-state index in [2.05, 4.69) is 38.1 Å². The van der Waals surface area contributed by atoms with Gasteiger partial charge in [0.15, 0.2) is 0 Å². The SMILES string of the molecule is CCc1nn(C)c(NC2C3(C)CCC(C3)C2(C)C)c1N. The van der Waals surface area contributed by atoms with Gasteiger partial charge < -0.3 is 11.1 Å². The van der Waals surface area contributed by atoms with Gasteiger partial charge in [0.1, 0.15) is 5.82 Å². The maximum atomic E-state index is 6.28. The Balaban J connectivity index is 1.94. The molecule has 3 unspecified atom stereocenters. The van der Waals surface area contributed by atoms with Crippen molar-refractivity contribution < 1.29 is 0 Å². The Morgan fingerprint density at radius 1 is 1.40 bits per heavy atom. The molecule has 112 valence electrons. The zero-order chi connectivity index (χ0) is 14.7. The van der Waals surface area contributed by atoms with E-state index in [1.807, 2.05) is 11.7 Å². The molecule has 4 nitrogen and oxygen atoms in total. The third kappa shape index (κ3) is 1.69. The number of nitrogen functional groups attached to an aromatic ring is 1. The maximum absolute atomic E-state index is 6.28. The van der Waals surface area contributed by atoms with Crippen LogP contribution in [0.15, 0.2) is 0 Å². The normalized spacial score (nSPS) is 34.6. The standard InChI is InChI=1S/C16H28N4/c1-6-11-12(17)13(20(5)19-11)18-14-15(2,3)10-7-8-16(14,4)9-10/h10,14,18H,6-9,17H2,1-5H3. The molecular weight excluding hydrogens is 248 g/mol. The average Bonchev–Trinajstić information content (AvgIpc) is 2.94. The Bertz CT molecular complexity index is 526. The maximum Gasteiger partial charge on any atom is 0.148 e. The summed E-state index contributed by atoms with van der Waals surface area (Å²) in [5.74, 6) is 1.85. The highest BCUT2D eigenvalue weighted by Crippen LogP contribution is 2.63. The summed E-state index contributed by atoms with van der Waals surface area (Å²) in [6, 6.07) is 0.483. The molecular formula is C16H28N4. The van der Waals surface area contributed by atoms with E-state index in [1.165, 1.54) is 19.3 Å². The molecule has 1 aromatic rings. The zero-order valence-corrected chi connectivity index (χ0v) is 13.5. The molecule has 0 amide bonds. The van der Waals surface area contributed by atoms with Gasteiger partial charge in [0.2, 0.25) is 0 Å². The number of nitrogens with one attached hydrogen (secondary N) is 1.